The number of carbonyl (C=O) groups excluding carboxylic acids is 2. The Morgan fingerprint density at radius 3 is 2.33 bits per heavy atom. The van der Waals surface area contributed by atoms with Crippen molar-refractivity contribution in [3.63, 3.8) is 0 Å². The molecule has 0 spiro atoms. The van der Waals surface area contributed by atoms with E-state index in [1.165, 1.54) is 0 Å². The monoisotopic (exact) mass is 217 g/mol. The molecule has 86 valence electrons. The molecule has 0 aromatic heterocycles. The summed E-state index contributed by atoms with van der Waals surface area (Å²) in [6.07, 6.45) is -1.95. The lowest BCUT2D eigenvalue weighted by atomic mass is 10.3. The van der Waals surface area contributed by atoms with Gasteiger partial charge in [0.05, 0.1) is 12.2 Å². The maximum absolute atomic E-state index is 11.4. The third kappa shape index (κ3) is 2.88. The summed E-state index contributed by atoms with van der Waals surface area (Å²) in [5, 5.41) is 20.7. The summed E-state index contributed by atoms with van der Waals surface area (Å²) < 4.78 is 0. The van der Waals surface area contributed by atoms with Gasteiger partial charge in [-0.05, 0) is 0 Å². The molecular formula is C8H15N3O4. The smallest absolute Gasteiger partial charge is 0.312 e. The number of hydrogen-bond donors (Lipinski definition) is 4. The quantitative estimate of drug-likeness (QED) is 0.360. The van der Waals surface area contributed by atoms with E-state index >= 15 is 0 Å². The maximum atomic E-state index is 11.4. The van der Waals surface area contributed by atoms with E-state index in [9.17, 15) is 19.8 Å². The van der Waals surface area contributed by atoms with Gasteiger partial charge in [0.1, 0.15) is 0 Å². The molecule has 2 atom stereocenters. The number of carbonyl (C=O) groups is 2. The van der Waals surface area contributed by atoms with Crippen LogP contribution < -0.4 is 11.1 Å². The highest BCUT2D eigenvalue weighted by atomic mass is 16.3. The topological polar surface area (TPSA) is 116 Å². The lowest BCUT2D eigenvalue weighted by molar-refractivity contribution is -0.145. The molecule has 2 amide bonds. The molecule has 0 radical (unpaired) electrons. The number of nitrogens with one attached hydrogen (secondary N) is 1. The molecule has 1 aliphatic heterocycles. The Balaban J connectivity index is 2.44. The molecule has 1 heterocycles. The van der Waals surface area contributed by atoms with E-state index in [0.717, 1.165) is 4.90 Å². The van der Waals surface area contributed by atoms with E-state index in [-0.39, 0.29) is 26.2 Å². The number of nitrogens with zero attached hydrogens (tertiary/aromatic N) is 1. The molecule has 0 aromatic rings. The first-order valence-electron chi connectivity index (χ1n) is 4.69. The van der Waals surface area contributed by atoms with Gasteiger partial charge in [-0.1, -0.05) is 0 Å². The van der Waals surface area contributed by atoms with Gasteiger partial charge in [0.15, 0.2) is 0 Å². The van der Waals surface area contributed by atoms with E-state index in [1.807, 2.05) is 0 Å². The van der Waals surface area contributed by atoms with Crippen LogP contribution >= 0.6 is 0 Å². The van der Waals surface area contributed by atoms with Crippen LogP contribution in [0.2, 0.25) is 0 Å². The maximum Gasteiger partial charge on any atom is 0.312 e. The Labute approximate surface area is 86.8 Å². The van der Waals surface area contributed by atoms with Gasteiger partial charge in [-0.3, -0.25) is 9.59 Å². The lowest BCUT2D eigenvalue weighted by Crippen LogP contribution is -2.43. The Hall–Kier alpha value is -1.18. The molecule has 1 fully saturated rings. The zero-order chi connectivity index (χ0) is 11.4. The summed E-state index contributed by atoms with van der Waals surface area (Å²) in [6.45, 7) is 0.444. The standard InChI is InChI=1S/C8H15N3O4/c9-1-2-10-7(14)8(15)11-3-5(12)6(13)4-11/h5-6,12-13H,1-4,9H2,(H,10,14)/t5-,6+. The van der Waals surface area contributed by atoms with Crippen molar-refractivity contribution < 1.29 is 19.8 Å². The molecule has 7 heteroatoms. The molecule has 0 aromatic carbocycles. The zero-order valence-electron chi connectivity index (χ0n) is 8.22. The number of likely N-dealkylation sites (tertiary alicyclic amines) is 1. The largest absolute Gasteiger partial charge is 0.388 e. The summed E-state index contributed by atoms with van der Waals surface area (Å²) in [5.74, 6) is -1.51. The highest BCUT2D eigenvalue weighted by Gasteiger charge is 2.34. The van der Waals surface area contributed by atoms with E-state index in [2.05, 4.69) is 5.32 Å². The van der Waals surface area contributed by atoms with Crippen molar-refractivity contribution in [2.24, 2.45) is 5.73 Å². The fourth-order valence-corrected chi connectivity index (χ4v) is 1.34. The first-order chi connectivity index (χ1) is 7.06. The van der Waals surface area contributed by atoms with E-state index in [1.54, 1.807) is 0 Å². The van der Waals surface area contributed by atoms with Crippen molar-refractivity contribution in [3.05, 3.63) is 0 Å². The van der Waals surface area contributed by atoms with Crippen LogP contribution in [-0.2, 0) is 9.59 Å². The van der Waals surface area contributed by atoms with Crippen LogP contribution in [0.15, 0.2) is 0 Å². The van der Waals surface area contributed by atoms with Gasteiger partial charge in [-0.15, -0.1) is 0 Å². The Bertz CT molecular complexity index is 248. The minimum Gasteiger partial charge on any atom is -0.388 e. The molecule has 7 nitrogen and oxygen atoms in total. The van der Waals surface area contributed by atoms with Crippen molar-refractivity contribution in [3.8, 4) is 0 Å². The Morgan fingerprint density at radius 1 is 1.33 bits per heavy atom. The highest BCUT2D eigenvalue weighted by Crippen LogP contribution is 2.09. The SMILES string of the molecule is NCCNC(=O)C(=O)N1C[C@@H](O)[C@@H](O)C1. The van der Waals surface area contributed by atoms with Crippen molar-refractivity contribution in [1.82, 2.24) is 10.2 Å². The minimum atomic E-state index is -0.976. The van der Waals surface area contributed by atoms with Crippen LogP contribution in [0, 0.1) is 0 Å². The predicted octanol–water partition coefficient (Wildman–Crippen LogP) is -3.37. The summed E-state index contributed by atoms with van der Waals surface area (Å²) in [6, 6.07) is 0. The van der Waals surface area contributed by atoms with Crippen LogP contribution in [0.4, 0.5) is 0 Å². The minimum absolute atomic E-state index is 0.0178. The van der Waals surface area contributed by atoms with Crippen LogP contribution in [0.5, 0.6) is 0 Å². The van der Waals surface area contributed by atoms with Gasteiger partial charge in [0.2, 0.25) is 0 Å². The van der Waals surface area contributed by atoms with E-state index < -0.39 is 24.0 Å². The molecule has 1 aliphatic rings. The first kappa shape index (κ1) is 11.9. The molecule has 0 bridgehead atoms. The first-order valence-corrected chi connectivity index (χ1v) is 4.69. The average molecular weight is 217 g/mol. The summed E-state index contributed by atoms with van der Waals surface area (Å²) >= 11 is 0. The fourth-order valence-electron chi connectivity index (χ4n) is 1.34. The lowest BCUT2D eigenvalue weighted by Gasteiger charge is -2.14. The third-order valence-corrected chi connectivity index (χ3v) is 2.17. The second kappa shape index (κ2) is 5.06. The van der Waals surface area contributed by atoms with Gasteiger partial charge >= 0.3 is 11.8 Å². The van der Waals surface area contributed by atoms with E-state index in [4.69, 9.17) is 5.73 Å². The third-order valence-electron chi connectivity index (χ3n) is 2.17. The van der Waals surface area contributed by atoms with E-state index in [0.29, 0.717) is 0 Å². The number of aliphatic hydroxyl groups is 2. The summed E-state index contributed by atoms with van der Waals surface area (Å²) in [4.78, 5) is 23.7. The van der Waals surface area contributed by atoms with Gasteiger partial charge in [0.25, 0.3) is 0 Å². The van der Waals surface area contributed by atoms with Crippen molar-refractivity contribution in [2.75, 3.05) is 26.2 Å². The van der Waals surface area contributed by atoms with Gasteiger partial charge < -0.3 is 26.2 Å². The number of nitrogens with two attached hydrogens (primary N) is 1. The molecule has 5 N–H and O–H groups in total. The second-order valence-corrected chi connectivity index (χ2v) is 3.39. The van der Waals surface area contributed by atoms with Crippen molar-refractivity contribution in [1.29, 1.82) is 0 Å². The molecule has 0 saturated carbocycles. The number of hydrogen-bond acceptors (Lipinski definition) is 5. The fraction of sp³-hybridized carbons (Fsp3) is 0.750. The predicted molar refractivity (Wildman–Crippen MR) is 50.7 cm³/mol. The highest BCUT2D eigenvalue weighted by molar-refractivity contribution is 6.35. The van der Waals surface area contributed by atoms with Crippen LogP contribution in [0.3, 0.4) is 0 Å². The zero-order valence-corrected chi connectivity index (χ0v) is 8.22. The molecule has 0 aliphatic carbocycles. The Kier molecular flexibility index (Phi) is 4.01. The van der Waals surface area contributed by atoms with Crippen LogP contribution in [0.1, 0.15) is 0 Å². The summed E-state index contributed by atoms with van der Waals surface area (Å²) in [5.41, 5.74) is 5.15. The van der Waals surface area contributed by atoms with Gasteiger partial charge in [-0.2, -0.15) is 0 Å². The number of β-amino-alcohol motifs (C(OH)–C–C–N with tert-alkyl or cyclic N) is 2. The molecule has 1 rings (SSSR count). The molecule has 1 saturated heterocycles. The number of rotatable bonds is 2. The van der Waals surface area contributed by atoms with Crippen molar-refractivity contribution >= 4 is 11.8 Å². The Morgan fingerprint density at radius 2 is 1.87 bits per heavy atom. The number of amides is 2. The number of aliphatic hydroxyl groups excluding tert-OH is 2. The second-order valence-electron chi connectivity index (χ2n) is 3.39. The van der Waals surface area contributed by atoms with Crippen LogP contribution in [-0.4, -0.2) is 65.3 Å². The van der Waals surface area contributed by atoms with Crippen LogP contribution in [0.25, 0.3) is 0 Å². The summed E-state index contributed by atoms with van der Waals surface area (Å²) in [7, 11) is 0. The average Bonchev–Trinajstić information content (AvgIpc) is 2.54. The molecular weight excluding hydrogens is 202 g/mol. The van der Waals surface area contributed by atoms with Gasteiger partial charge in [-0.25, -0.2) is 0 Å². The van der Waals surface area contributed by atoms with Crippen molar-refractivity contribution in [2.45, 2.75) is 12.2 Å². The molecule has 15 heavy (non-hydrogen) atoms. The normalized spacial score (nSPS) is 25.4. The van der Waals surface area contributed by atoms with Gasteiger partial charge in [0, 0.05) is 26.2 Å². The molecule has 0 unspecified atom stereocenters.